The number of nitrogen functional groups attached to an aromatic ring is 1. The third kappa shape index (κ3) is 18.2. The molecule has 0 bridgehead atoms. The lowest BCUT2D eigenvalue weighted by Gasteiger charge is -2.36. The van der Waals surface area contributed by atoms with E-state index in [1.807, 2.05) is 0 Å². The highest BCUT2D eigenvalue weighted by Crippen LogP contribution is 2.56. The van der Waals surface area contributed by atoms with Gasteiger partial charge >= 0.3 is 0 Å². The summed E-state index contributed by atoms with van der Waals surface area (Å²) < 4.78 is 60.6. The monoisotopic (exact) mass is 961 g/mol. The van der Waals surface area contributed by atoms with E-state index >= 15 is 0 Å². The minimum absolute atomic E-state index is 0.0147. The number of phosphoric ester groups is 3. The van der Waals surface area contributed by atoms with Gasteiger partial charge in [0.15, 0.2) is 22.8 Å². The number of carbonyl (C=O) groups excluding carboxylic acids is 3. The lowest BCUT2D eigenvalue weighted by Crippen LogP contribution is -2.46. The Labute approximate surface area is 361 Å². The van der Waals surface area contributed by atoms with Crippen LogP contribution in [0.1, 0.15) is 91.2 Å². The zero-order valence-electron chi connectivity index (χ0n) is 34.3. The maximum absolute atomic E-state index is 12.6. The van der Waals surface area contributed by atoms with Gasteiger partial charge in [-0.15, -0.1) is 0 Å². The number of aromatic nitrogens is 4. The number of carbonyl (C=O) groups is 3. The number of phosphoric acid groups is 3. The van der Waals surface area contributed by atoms with Crippen molar-refractivity contribution in [1.29, 1.82) is 0 Å². The number of fused-ring (bicyclic) bond motifs is 1. The van der Waals surface area contributed by atoms with Gasteiger partial charge < -0.3 is 74.1 Å². The van der Waals surface area contributed by atoms with Crippen molar-refractivity contribution >= 4 is 69.1 Å². The molecule has 0 saturated carbocycles. The Balaban J connectivity index is 1.39. The van der Waals surface area contributed by atoms with E-state index in [2.05, 4.69) is 50.4 Å². The summed E-state index contributed by atoms with van der Waals surface area (Å²) in [4.78, 5) is 96.5. The number of rotatable bonds is 29. The summed E-state index contributed by atoms with van der Waals surface area (Å²) in [6, 6.07) is 0. The SMILES string of the molecule is CCCCCCCCC[C@@H](O)CC(=O)SCCNC(=O)CCNC(=O)[C@H](O)C(C)(C)COP(=O)([O-])OP(=O)([O-])OC[C@H]1O[C@@H](n2cnc3c(N)ncnc32)[C@H](O)[C@@H]1OP(=O)([O-])[O-]. The van der Waals surface area contributed by atoms with Gasteiger partial charge in [-0.2, -0.15) is 0 Å². The minimum Gasteiger partial charge on any atom is -0.790 e. The van der Waals surface area contributed by atoms with E-state index < -0.39 is 90.7 Å². The fourth-order valence-corrected chi connectivity index (χ4v) is 9.44. The van der Waals surface area contributed by atoms with Gasteiger partial charge in [0.25, 0.3) is 15.6 Å². The number of aliphatic hydroxyl groups excluding tert-OH is 3. The summed E-state index contributed by atoms with van der Waals surface area (Å²) in [5.41, 5.74) is 4.05. The number of anilines is 1. The number of nitrogens with two attached hydrogens (primary N) is 1. The molecule has 354 valence electrons. The molecule has 2 aromatic rings. The van der Waals surface area contributed by atoms with E-state index in [0.717, 1.165) is 48.2 Å². The molecule has 8 atom stereocenters. The van der Waals surface area contributed by atoms with Gasteiger partial charge in [0.1, 0.15) is 36.3 Å². The zero-order valence-corrected chi connectivity index (χ0v) is 37.8. The molecule has 7 N–H and O–H groups in total. The number of thioether (sulfide) groups is 1. The molecule has 1 saturated heterocycles. The molecule has 2 unspecified atom stereocenters. The molecule has 2 amide bonds. The maximum Gasteiger partial charge on any atom is 0.274 e. The van der Waals surface area contributed by atoms with Gasteiger partial charge in [0.05, 0.1) is 33.5 Å². The highest BCUT2D eigenvalue weighted by Gasteiger charge is 2.47. The van der Waals surface area contributed by atoms with Crippen molar-refractivity contribution in [2.24, 2.45) is 5.41 Å². The lowest BCUT2D eigenvalue weighted by molar-refractivity contribution is -0.347. The van der Waals surface area contributed by atoms with Crippen LogP contribution in [0.25, 0.3) is 11.2 Å². The van der Waals surface area contributed by atoms with Crippen molar-refractivity contribution in [1.82, 2.24) is 30.2 Å². The molecule has 1 aliphatic rings. The molecular formula is C33H54N7O18P3S-4. The van der Waals surface area contributed by atoms with Crippen LogP contribution in [0, 0.1) is 5.41 Å². The topological polar surface area (TPSA) is 395 Å². The van der Waals surface area contributed by atoms with Crippen LogP contribution in [0.5, 0.6) is 0 Å². The predicted molar refractivity (Wildman–Crippen MR) is 211 cm³/mol. The Hall–Kier alpha value is -2.48. The van der Waals surface area contributed by atoms with Crippen LogP contribution in [0.2, 0.25) is 0 Å². The maximum atomic E-state index is 12.6. The molecule has 2 aromatic heterocycles. The fourth-order valence-electron chi connectivity index (χ4n) is 5.96. The van der Waals surface area contributed by atoms with Crippen molar-refractivity contribution in [2.75, 3.05) is 37.8 Å². The molecule has 29 heteroatoms. The second-order valence-electron chi connectivity index (χ2n) is 15.0. The van der Waals surface area contributed by atoms with Crippen molar-refractivity contribution < 1.29 is 85.6 Å². The summed E-state index contributed by atoms with van der Waals surface area (Å²) in [6.45, 7) is 2.15. The second kappa shape index (κ2) is 24.7. The van der Waals surface area contributed by atoms with Crippen molar-refractivity contribution in [3.05, 3.63) is 12.7 Å². The first-order valence-electron chi connectivity index (χ1n) is 19.6. The Morgan fingerprint density at radius 1 is 0.984 bits per heavy atom. The van der Waals surface area contributed by atoms with E-state index in [-0.39, 0.29) is 53.8 Å². The fraction of sp³-hybridized carbons (Fsp3) is 0.758. The number of amides is 2. The number of nitrogens with one attached hydrogen (secondary N) is 2. The van der Waals surface area contributed by atoms with Crippen LogP contribution in [-0.2, 0) is 50.7 Å². The van der Waals surface area contributed by atoms with Gasteiger partial charge in [-0.3, -0.25) is 28.1 Å². The number of ether oxygens (including phenoxy) is 1. The van der Waals surface area contributed by atoms with Crippen LogP contribution < -0.4 is 35.9 Å². The van der Waals surface area contributed by atoms with Crippen molar-refractivity contribution in [2.45, 2.75) is 122 Å². The van der Waals surface area contributed by atoms with Crippen LogP contribution in [0.3, 0.4) is 0 Å². The van der Waals surface area contributed by atoms with Crippen molar-refractivity contribution in [3.8, 4) is 0 Å². The summed E-state index contributed by atoms with van der Waals surface area (Å²) in [5.74, 6) is -1.33. The standard InChI is InChI=1S/C33H58N7O18P3S/c1-4-5-6-7-8-9-10-11-21(41)16-24(43)62-15-14-35-23(42)12-13-36-31(46)28(45)33(2,3)18-55-61(52,53)58-60(50,51)54-17-22-27(57-59(47,48)49)26(44)32(56-22)40-20-39-25-29(34)37-19-38-30(25)40/h19-22,26-28,32,41,44-45H,4-18H2,1-3H3,(H,35,42)(H,36,46)(H,50,51)(H,52,53)(H2,34,37,38)(H2,47,48,49)/p-4/t21-,22-,26-,27-,28+,32-/m1/s1. The molecular weight excluding hydrogens is 907 g/mol. The van der Waals surface area contributed by atoms with Crippen LogP contribution in [-0.4, -0.2) is 114 Å². The third-order valence-corrected chi connectivity index (χ3v) is 13.2. The van der Waals surface area contributed by atoms with E-state index in [0.29, 0.717) is 6.42 Å². The number of aliphatic hydroxyl groups is 3. The number of nitrogens with zero attached hydrogens (tertiary/aromatic N) is 4. The Kier molecular flexibility index (Phi) is 21.5. The Morgan fingerprint density at radius 2 is 1.65 bits per heavy atom. The normalized spacial score (nSPS) is 21.3. The number of imidazole rings is 1. The van der Waals surface area contributed by atoms with E-state index in [1.165, 1.54) is 39.5 Å². The summed E-state index contributed by atoms with van der Waals surface area (Å²) in [7, 11) is -17.6. The predicted octanol–water partition coefficient (Wildman–Crippen LogP) is -0.972. The molecule has 3 heterocycles. The smallest absolute Gasteiger partial charge is 0.274 e. The number of hydrogen-bond acceptors (Lipinski definition) is 23. The van der Waals surface area contributed by atoms with Gasteiger partial charge in [-0.05, 0) is 6.42 Å². The van der Waals surface area contributed by atoms with E-state index in [1.54, 1.807) is 0 Å². The summed E-state index contributed by atoms with van der Waals surface area (Å²) in [6.07, 6.45) is -0.0903. The van der Waals surface area contributed by atoms with Gasteiger partial charge in [0.2, 0.25) is 11.8 Å². The van der Waals surface area contributed by atoms with Gasteiger partial charge in [-0.25, -0.2) is 19.3 Å². The summed E-state index contributed by atoms with van der Waals surface area (Å²) in [5, 5.41) is 36.2. The highest BCUT2D eigenvalue weighted by atomic mass is 32.2. The van der Waals surface area contributed by atoms with Crippen LogP contribution >= 0.6 is 35.2 Å². The Morgan fingerprint density at radius 3 is 2.32 bits per heavy atom. The number of hydrogen-bond donors (Lipinski definition) is 6. The highest BCUT2D eigenvalue weighted by molar-refractivity contribution is 8.13. The van der Waals surface area contributed by atoms with E-state index in [9.17, 15) is 63.0 Å². The quantitative estimate of drug-likeness (QED) is 0.0422. The molecule has 62 heavy (non-hydrogen) atoms. The molecule has 0 radical (unpaired) electrons. The third-order valence-electron chi connectivity index (χ3n) is 9.28. The van der Waals surface area contributed by atoms with Crippen molar-refractivity contribution in [3.63, 3.8) is 0 Å². The van der Waals surface area contributed by atoms with Crippen LogP contribution in [0.4, 0.5) is 5.82 Å². The molecule has 0 aliphatic carbocycles. The first-order chi connectivity index (χ1) is 28.9. The number of unbranched alkanes of at least 4 members (excludes halogenated alkanes) is 6. The molecule has 0 spiro atoms. The van der Waals surface area contributed by atoms with Gasteiger partial charge in [-0.1, -0.05) is 77.5 Å². The Bertz CT molecular complexity index is 1920. The average molecular weight is 962 g/mol. The van der Waals surface area contributed by atoms with E-state index in [4.69, 9.17) is 10.5 Å². The minimum atomic E-state index is -5.93. The first kappa shape index (κ1) is 53.9. The second-order valence-corrected chi connectivity index (χ2v) is 20.2. The summed E-state index contributed by atoms with van der Waals surface area (Å²) >= 11 is 0.980. The largest absolute Gasteiger partial charge is 0.790 e. The van der Waals surface area contributed by atoms with Crippen LogP contribution in [0.15, 0.2) is 12.7 Å². The first-order valence-corrected chi connectivity index (χ1v) is 25.0. The molecule has 0 aromatic carbocycles. The molecule has 25 nitrogen and oxygen atoms in total. The average Bonchev–Trinajstić information content (AvgIpc) is 3.74. The lowest BCUT2D eigenvalue weighted by atomic mass is 9.87. The molecule has 1 aliphatic heterocycles. The molecule has 1 fully saturated rings. The molecule has 3 rings (SSSR count). The zero-order chi connectivity index (χ0) is 46.3. The van der Waals surface area contributed by atoms with Gasteiger partial charge in [0, 0.05) is 37.1 Å².